The van der Waals surface area contributed by atoms with Gasteiger partial charge in [0.1, 0.15) is 12.2 Å². The lowest BCUT2D eigenvalue weighted by Crippen LogP contribution is -2.59. The molecule has 2 heterocycles. The summed E-state index contributed by atoms with van der Waals surface area (Å²) in [6.45, 7) is 20.8. The van der Waals surface area contributed by atoms with Crippen LogP contribution in [-0.2, 0) is 9.47 Å². The van der Waals surface area contributed by atoms with Gasteiger partial charge < -0.3 is 20.1 Å². The lowest BCUT2D eigenvalue weighted by atomic mass is 9.81. The molecular weight excluding hydrogens is 428 g/mol. The molecule has 2 saturated heterocycles. The molecule has 2 fully saturated rings. The standard InChI is InChI=1S/C28H44N2O4/c1-17-11-21(23(31)33-19-13-25(3,4)29-26(5,6)14-19)22(12-18(17)2)24(32)34-20-15-27(7,8)30-28(9,10)16-20/h11-12,19-20,29-30H,13-16H2,1-10H3. The second kappa shape index (κ2) is 8.94. The van der Waals surface area contributed by atoms with Crippen molar-refractivity contribution in [3.8, 4) is 0 Å². The SMILES string of the molecule is Cc1cc(C(=O)OC2CC(C)(C)NC(C)(C)C2)c(C(=O)OC2CC(C)(C)NC(C)(C)C2)cc1C. The average Bonchev–Trinajstić information content (AvgIpc) is 2.57. The van der Waals surface area contributed by atoms with Gasteiger partial charge in [-0.1, -0.05) is 0 Å². The lowest BCUT2D eigenvalue weighted by molar-refractivity contribution is -0.0107. The van der Waals surface area contributed by atoms with Crippen LogP contribution in [0.15, 0.2) is 12.1 Å². The van der Waals surface area contributed by atoms with Crippen LogP contribution in [-0.4, -0.2) is 46.3 Å². The molecule has 2 aliphatic rings. The number of carbonyl (C=O) groups excluding carboxylic acids is 2. The van der Waals surface area contributed by atoms with Crippen LogP contribution in [0.5, 0.6) is 0 Å². The number of ether oxygens (including phenoxy) is 2. The van der Waals surface area contributed by atoms with Crippen molar-refractivity contribution in [1.29, 1.82) is 0 Å². The minimum atomic E-state index is -0.459. The Morgan fingerprint density at radius 1 is 0.647 bits per heavy atom. The first-order valence-corrected chi connectivity index (χ1v) is 12.5. The first kappa shape index (κ1) is 26.7. The van der Waals surface area contributed by atoms with E-state index in [1.54, 1.807) is 12.1 Å². The molecule has 6 heteroatoms. The van der Waals surface area contributed by atoms with Crippen molar-refractivity contribution in [2.45, 2.75) is 129 Å². The molecule has 0 amide bonds. The van der Waals surface area contributed by atoms with Crippen LogP contribution in [0.2, 0.25) is 0 Å². The zero-order valence-electron chi connectivity index (χ0n) is 22.8. The van der Waals surface area contributed by atoms with E-state index in [-0.39, 0.29) is 45.5 Å². The molecule has 0 unspecified atom stereocenters. The van der Waals surface area contributed by atoms with Crippen LogP contribution in [0.3, 0.4) is 0 Å². The number of aryl methyl sites for hydroxylation is 2. The second-order valence-corrected chi connectivity index (χ2v) is 13.1. The van der Waals surface area contributed by atoms with E-state index in [9.17, 15) is 9.59 Å². The Kier molecular flexibility index (Phi) is 7.02. The maximum atomic E-state index is 13.4. The minimum Gasteiger partial charge on any atom is -0.459 e. The summed E-state index contributed by atoms with van der Waals surface area (Å²) in [6, 6.07) is 3.53. The summed E-state index contributed by atoms with van der Waals surface area (Å²) in [5, 5.41) is 7.22. The first-order chi connectivity index (χ1) is 15.4. The topological polar surface area (TPSA) is 76.7 Å². The molecule has 6 nitrogen and oxygen atoms in total. The van der Waals surface area contributed by atoms with Gasteiger partial charge in [-0.15, -0.1) is 0 Å². The molecule has 0 aliphatic carbocycles. The van der Waals surface area contributed by atoms with Gasteiger partial charge in [-0.05, 0) is 92.5 Å². The van der Waals surface area contributed by atoms with Crippen molar-refractivity contribution in [2.24, 2.45) is 0 Å². The summed E-state index contributed by atoms with van der Waals surface area (Å²) in [5.41, 5.74) is 1.87. The Labute approximate surface area is 205 Å². The summed E-state index contributed by atoms with van der Waals surface area (Å²) in [7, 11) is 0. The minimum absolute atomic E-state index is 0.147. The molecule has 34 heavy (non-hydrogen) atoms. The van der Waals surface area contributed by atoms with Crippen LogP contribution in [0, 0.1) is 13.8 Å². The van der Waals surface area contributed by atoms with Gasteiger partial charge in [-0.3, -0.25) is 0 Å². The van der Waals surface area contributed by atoms with Crippen LogP contribution >= 0.6 is 0 Å². The second-order valence-electron chi connectivity index (χ2n) is 13.1. The molecule has 1 aromatic rings. The Hall–Kier alpha value is -1.92. The van der Waals surface area contributed by atoms with Crippen molar-refractivity contribution in [3.05, 3.63) is 34.4 Å². The van der Waals surface area contributed by atoms with Crippen LogP contribution < -0.4 is 10.6 Å². The van der Waals surface area contributed by atoms with Crippen molar-refractivity contribution >= 4 is 11.9 Å². The zero-order chi connectivity index (χ0) is 25.7. The smallest absolute Gasteiger partial charge is 0.339 e. The van der Waals surface area contributed by atoms with Gasteiger partial charge in [0, 0.05) is 47.8 Å². The van der Waals surface area contributed by atoms with E-state index in [1.807, 2.05) is 13.8 Å². The third-order valence-electron chi connectivity index (χ3n) is 6.93. The van der Waals surface area contributed by atoms with Gasteiger partial charge in [0.15, 0.2) is 0 Å². The summed E-state index contributed by atoms with van der Waals surface area (Å²) in [4.78, 5) is 26.7. The molecule has 1 aromatic carbocycles. The number of piperidine rings is 2. The predicted octanol–water partition coefficient (Wildman–Crippen LogP) is 5.24. The van der Waals surface area contributed by atoms with E-state index in [0.29, 0.717) is 25.7 Å². The van der Waals surface area contributed by atoms with E-state index in [4.69, 9.17) is 9.47 Å². The number of hydrogen-bond acceptors (Lipinski definition) is 6. The Morgan fingerprint density at radius 2 is 0.912 bits per heavy atom. The summed E-state index contributed by atoms with van der Waals surface area (Å²) in [6.07, 6.45) is 2.40. The first-order valence-electron chi connectivity index (χ1n) is 12.5. The number of nitrogens with one attached hydrogen (secondary N) is 2. The Balaban J connectivity index is 1.83. The van der Waals surface area contributed by atoms with Crippen LogP contribution in [0.1, 0.15) is 113 Å². The molecule has 0 atom stereocenters. The summed E-state index contributed by atoms with van der Waals surface area (Å²) in [5.74, 6) is -0.918. The highest BCUT2D eigenvalue weighted by Crippen LogP contribution is 2.33. The molecule has 0 radical (unpaired) electrons. The van der Waals surface area contributed by atoms with E-state index in [1.165, 1.54) is 0 Å². The highest BCUT2D eigenvalue weighted by molar-refractivity contribution is 6.03. The van der Waals surface area contributed by atoms with Gasteiger partial charge in [0.25, 0.3) is 0 Å². The van der Waals surface area contributed by atoms with E-state index >= 15 is 0 Å². The van der Waals surface area contributed by atoms with Crippen molar-refractivity contribution in [1.82, 2.24) is 10.6 Å². The molecule has 0 saturated carbocycles. The van der Waals surface area contributed by atoms with Crippen molar-refractivity contribution in [2.75, 3.05) is 0 Å². The molecule has 0 bridgehead atoms. The molecule has 190 valence electrons. The summed E-state index contributed by atoms with van der Waals surface area (Å²) >= 11 is 0. The number of benzene rings is 1. The van der Waals surface area contributed by atoms with Crippen LogP contribution in [0.4, 0.5) is 0 Å². The average molecular weight is 473 g/mol. The van der Waals surface area contributed by atoms with Gasteiger partial charge in [-0.25, -0.2) is 9.59 Å². The Morgan fingerprint density at radius 3 is 1.18 bits per heavy atom. The van der Waals surface area contributed by atoms with E-state index in [2.05, 4.69) is 66.0 Å². The third kappa shape index (κ3) is 6.60. The molecule has 0 spiro atoms. The maximum Gasteiger partial charge on any atom is 0.339 e. The molecular formula is C28H44N2O4. The quantitative estimate of drug-likeness (QED) is 0.584. The third-order valence-corrected chi connectivity index (χ3v) is 6.93. The largest absolute Gasteiger partial charge is 0.459 e. The number of esters is 2. The predicted molar refractivity (Wildman–Crippen MR) is 135 cm³/mol. The van der Waals surface area contributed by atoms with E-state index in [0.717, 1.165) is 11.1 Å². The number of carbonyl (C=O) groups is 2. The molecule has 2 N–H and O–H groups in total. The fraction of sp³-hybridized carbons (Fsp3) is 0.714. The molecule has 3 rings (SSSR count). The van der Waals surface area contributed by atoms with Gasteiger partial charge in [0.2, 0.25) is 0 Å². The normalized spacial score (nSPS) is 23.8. The number of rotatable bonds is 4. The summed E-state index contributed by atoms with van der Waals surface area (Å²) < 4.78 is 12.0. The number of hydrogen-bond donors (Lipinski definition) is 2. The monoisotopic (exact) mass is 472 g/mol. The fourth-order valence-corrected chi connectivity index (χ4v) is 6.21. The van der Waals surface area contributed by atoms with Crippen LogP contribution in [0.25, 0.3) is 0 Å². The molecule has 0 aromatic heterocycles. The fourth-order valence-electron chi connectivity index (χ4n) is 6.21. The lowest BCUT2D eigenvalue weighted by Gasteiger charge is -2.46. The van der Waals surface area contributed by atoms with Gasteiger partial charge in [-0.2, -0.15) is 0 Å². The van der Waals surface area contributed by atoms with Gasteiger partial charge >= 0.3 is 11.9 Å². The zero-order valence-corrected chi connectivity index (χ0v) is 22.8. The maximum absolute atomic E-state index is 13.4. The van der Waals surface area contributed by atoms with E-state index < -0.39 is 11.9 Å². The molecule has 2 aliphatic heterocycles. The van der Waals surface area contributed by atoms with Crippen molar-refractivity contribution < 1.29 is 19.1 Å². The Bertz CT molecular complexity index is 852. The van der Waals surface area contributed by atoms with Gasteiger partial charge in [0.05, 0.1) is 11.1 Å². The van der Waals surface area contributed by atoms with Crippen molar-refractivity contribution in [3.63, 3.8) is 0 Å². The highest BCUT2D eigenvalue weighted by Gasteiger charge is 2.41. The highest BCUT2D eigenvalue weighted by atomic mass is 16.6.